The second-order valence-corrected chi connectivity index (χ2v) is 3.73. The lowest BCUT2D eigenvalue weighted by molar-refractivity contribution is -0.0137. The van der Waals surface area contributed by atoms with Crippen molar-refractivity contribution in [3.05, 3.63) is 12.2 Å². The summed E-state index contributed by atoms with van der Waals surface area (Å²) in [6, 6.07) is 0. The lowest BCUT2D eigenvalue weighted by atomic mass is 10.1. The van der Waals surface area contributed by atoms with E-state index in [1.807, 2.05) is 13.0 Å². The highest BCUT2D eigenvalue weighted by molar-refractivity contribution is 4.76. The monoisotopic (exact) mass is 204 g/mol. The summed E-state index contributed by atoms with van der Waals surface area (Å²) in [5, 5.41) is 0. The molecule has 0 aliphatic rings. The fourth-order valence-electron chi connectivity index (χ4n) is 1.34. The van der Waals surface area contributed by atoms with Gasteiger partial charge in [0.1, 0.15) is 0 Å². The molecule has 0 fully saturated rings. The van der Waals surface area contributed by atoms with Crippen LogP contribution in [0, 0.1) is 0 Å². The summed E-state index contributed by atoms with van der Waals surface area (Å²) in [7, 11) is 0. The molecule has 0 aliphatic heterocycles. The maximum atomic E-state index is 12.8. The average Bonchev–Trinajstić information content (AvgIpc) is 2.16. The molecular weight excluding hydrogens is 182 g/mol. The molecule has 0 atom stereocenters. The standard InChI is InChI=1S/C12H22F2/c1-3-5-6-7-8-9-10-11-12(13,14)4-2/h3,5H,4,6-11H2,1-2H3. The van der Waals surface area contributed by atoms with Crippen LogP contribution in [0.3, 0.4) is 0 Å². The predicted molar refractivity (Wildman–Crippen MR) is 57.8 cm³/mol. The minimum absolute atomic E-state index is 0.0222. The van der Waals surface area contributed by atoms with Gasteiger partial charge in [-0.1, -0.05) is 31.9 Å². The van der Waals surface area contributed by atoms with Crippen LogP contribution in [0.15, 0.2) is 12.2 Å². The molecule has 0 aromatic rings. The van der Waals surface area contributed by atoms with Crippen LogP contribution in [-0.2, 0) is 0 Å². The zero-order chi connectivity index (χ0) is 10.9. The minimum atomic E-state index is -2.43. The largest absolute Gasteiger partial charge is 0.247 e. The summed E-state index contributed by atoms with van der Waals surface area (Å²) in [6.45, 7) is 3.55. The van der Waals surface area contributed by atoms with Crippen LogP contribution >= 0.6 is 0 Å². The lowest BCUT2D eigenvalue weighted by Crippen LogP contribution is -2.13. The molecule has 0 radical (unpaired) electrons. The number of hydrogen-bond acceptors (Lipinski definition) is 0. The molecule has 84 valence electrons. The maximum Gasteiger partial charge on any atom is 0.247 e. The van der Waals surface area contributed by atoms with Crippen LogP contribution in [0.2, 0.25) is 0 Å². The van der Waals surface area contributed by atoms with Gasteiger partial charge in [0.05, 0.1) is 0 Å². The molecule has 0 heterocycles. The highest BCUT2D eigenvalue weighted by Gasteiger charge is 2.24. The second-order valence-electron chi connectivity index (χ2n) is 3.73. The van der Waals surface area contributed by atoms with Gasteiger partial charge in [-0.2, -0.15) is 0 Å². The van der Waals surface area contributed by atoms with Crippen molar-refractivity contribution >= 4 is 0 Å². The maximum absolute atomic E-state index is 12.8. The van der Waals surface area contributed by atoms with Gasteiger partial charge < -0.3 is 0 Å². The summed E-state index contributed by atoms with van der Waals surface area (Å²) in [5.74, 6) is -2.43. The summed E-state index contributed by atoms with van der Waals surface area (Å²) in [4.78, 5) is 0. The summed E-state index contributed by atoms with van der Waals surface area (Å²) in [6.07, 6.45) is 9.08. The number of halogens is 2. The fraction of sp³-hybridized carbons (Fsp3) is 0.833. The Morgan fingerprint density at radius 1 is 1.07 bits per heavy atom. The highest BCUT2D eigenvalue weighted by atomic mass is 19.3. The van der Waals surface area contributed by atoms with E-state index in [9.17, 15) is 8.78 Å². The third-order valence-electron chi connectivity index (χ3n) is 2.42. The van der Waals surface area contributed by atoms with Gasteiger partial charge in [-0.3, -0.25) is 0 Å². The molecule has 0 spiro atoms. The molecular formula is C12H22F2. The van der Waals surface area contributed by atoms with Crippen molar-refractivity contribution in [1.29, 1.82) is 0 Å². The molecule has 2 heteroatoms. The third-order valence-corrected chi connectivity index (χ3v) is 2.42. The molecule has 0 nitrogen and oxygen atoms in total. The van der Waals surface area contributed by atoms with Crippen molar-refractivity contribution in [2.24, 2.45) is 0 Å². The molecule has 0 N–H and O–H groups in total. The molecule has 0 aromatic heterocycles. The van der Waals surface area contributed by atoms with Crippen LogP contribution in [-0.4, -0.2) is 5.92 Å². The molecule has 0 rings (SSSR count). The molecule has 0 bridgehead atoms. The SMILES string of the molecule is CC=CCCCCCCC(F)(F)CC. The number of hydrogen-bond donors (Lipinski definition) is 0. The number of allylic oxidation sites excluding steroid dienone is 2. The zero-order valence-corrected chi connectivity index (χ0v) is 9.36. The van der Waals surface area contributed by atoms with Crippen molar-refractivity contribution in [3.63, 3.8) is 0 Å². The Hall–Kier alpha value is -0.400. The lowest BCUT2D eigenvalue weighted by Gasteiger charge is -2.12. The summed E-state index contributed by atoms with van der Waals surface area (Å²) >= 11 is 0. The number of alkyl halides is 2. The van der Waals surface area contributed by atoms with Crippen LogP contribution < -0.4 is 0 Å². The topological polar surface area (TPSA) is 0 Å². The Morgan fingerprint density at radius 2 is 1.71 bits per heavy atom. The molecule has 0 unspecified atom stereocenters. The van der Waals surface area contributed by atoms with Crippen molar-refractivity contribution in [1.82, 2.24) is 0 Å². The normalized spacial score (nSPS) is 12.6. The zero-order valence-electron chi connectivity index (χ0n) is 9.36. The summed E-state index contributed by atoms with van der Waals surface area (Å²) in [5.41, 5.74) is 0. The van der Waals surface area contributed by atoms with E-state index in [1.165, 1.54) is 0 Å². The summed E-state index contributed by atoms with van der Waals surface area (Å²) < 4.78 is 25.5. The molecule has 14 heavy (non-hydrogen) atoms. The van der Waals surface area contributed by atoms with Gasteiger partial charge in [0.25, 0.3) is 0 Å². The van der Waals surface area contributed by atoms with Crippen LogP contribution in [0.5, 0.6) is 0 Å². The van der Waals surface area contributed by atoms with Crippen LogP contribution in [0.25, 0.3) is 0 Å². The van der Waals surface area contributed by atoms with Crippen molar-refractivity contribution in [2.75, 3.05) is 0 Å². The van der Waals surface area contributed by atoms with Crippen LogP contribution in [0.4, 0.5) is 8.78 Å². The van der Waals surface area contributed by atoms with Gasteiger partial charge in [0.2, 0.25) is 5.92 Å². The quantitative estimate of drug-likeness (QED) is 0.387. The predicted octanol–water partition coefficient (Wildman–Crippen LogP) is 4.95. The molecule has 0 saturated carbocycles. The Labute approximate surface area is 86.4 Å². The van der Waals surface area contributed by atoms with E-state index < -0.39 is 5.92 Å². The first-order chi connectivity index (χ1) is 6.62. The minimum Gasteiger partial charge on any atom is -0.207 e. The Kier molecular flexibility index (Phi) is 7.73. The van der Waals surface area contributed by atoms with E-state index in [2.05, 4.69) is 6.08 Å². The van der Waals surface area contributed by atoms with Crippen molar-refractivity contribution in [3.8, 4) is 0 Å². The number of rotatable bonds is 8. The Balaban J connectivity index is 3.21. The first-order valence-electron chi connectivity index (χ1n) is 5.61. The van der Waals surface area contributed by atoms with Crippen LogP contribution in [0.1, 0.15) is 58.8 Å². The molecule has 0 amide bonds. The van der Waals surface area contributed by atoms with Gasteiger partial charge in [0.15, 0.2) is 0 Å². The van der Waals surface area contributed by atoms with Gasteiger partial charge in [0, 0.05) is 12.8 Å². The van der Waals surface area contributed by atoms with Gasteiger partial charge >= 0.3 is 0 Å². The first-order valence-corrected chi connectivity index (χ1v) is 5.61. The first kappa shape index (κ1) is 13.6. The van der Waals surface area contributed by atoms with Crippen molar-refractivity contribution in [2.45, 2.75) is 64.7 Å². The van der Waals surface area contributed by atoms with Gasteiger partial charge in [-0.25, -0.2) is 8.78 Å². The van der Waals surface area contributed by atoms with Crippen molar-refractivity contribution < 1.29 is 8.78 Å². The highest BCUT2D eigenvalue weighted by Crippen LogP contribution is 2.25. The molecule has 0 saturated heterocycles. The Bertz CT molecular complexity index is 150. The smallest absolute Gasteiger partial charge is 0.207 e. The Morgan fingerprint density at radius 3 is 2.29 bits per heavy atom. The van der Waals surface area contributed by atoms with E-state index in [0.717, 1.165) is 25.7 Å². The second kappa shape index (κ2) is 7.95. The van der Waals surface area contributed by atoms with E-state index in [4.69, 9.17) is 0 Å². The van der Waals surface area contributed by atoms with E-state index >= 15 is 0 Å². The van der Waals surface area contributed by atoms with Gasteiger partial charge in [-0.15, -0.1) is 0 Å². The van der Waals surface area contributed by atoms with E-state index in [0.29, 0.717) is 6.42 Å². The fourth-order valence-corrected chi connectivity index (χ4v) is 1.34. The van der Waals surface area contributed by atoms with E-state index in [-0.39, 0.29) is 12.8 Å². The average molecular weight is 204 g/mol. The van der Waals surface area contributed by atoms with E-state index in [1.54, 1.807) is 6.92 Å². The van der Waals surface area contributed by atoms with Gasteiger partial charge in [-0.05, 0) is 26.2 Å². The number of unbranched alkanes of at least 4 members (excludes halogenated alkanes) is 4. The molecule has 0 aliphatic carbocycles. The third kappa shape index (κ3) is 8.21. The molecule has 0 aromatic carbocycles.